The summed E-state index contributed by atoms with van der Waals surface area (Å²) >= 11 is 15.1. The van der Waals surface area contributed by atoms with Gasteiger partial charge < -0.3 is 9.88 Å². The Labute approximate surface area is 200 Å². The van der Waals surface area contributed by atoms with Gasteiger partial charge in [-0.25, -0.2) is 0 Å². The number of benzene rings is 2. The van der Waals surface area contributed by atoms with Gasteiger partial charge in [-0.15, -0.1) is 28.5 Å². The second-order valence-corrected chi connectivity index (χ2v) is 9.33. The molecule has 9 heteroatoms. The molecule has 0 atom stereocenters. The van der Waals surface area contributed by atoms with Crippen LogP contribution in [0.5, 0.6) is 0 Å². The van der Waals surface area contributed by atoms with E-state index >= 15 is 0 Å². The normalized spacial score (nSPS) is 10.8. The van der Waals surface area contributed by atoms with Gasteiger partial charge in [0.25, 0.3) is 0 Å². The predicted octanol–water partition coefficient (Wildman–Crippen LogP) is 5.61. The zero-order chi connectivity index (χ0) is 22.1. The molecule has 1 N–H and O–H groups in total. The van der Waals surface area contributed by atoms with Crippen LogP contribution in [-0.4, -0.2) is 26.4 Å². The zero-order valence-corrected chi connectivity index (χ0v) is 19.9. The Balaban J connectivity index is 1.52. The maximum Gasteiger partial charge on any atom is 0.230 e. The van der Waals surface area contributed by atoms with Gasteiger partial charge in [0.05, 0.1) is 21.6 Å². The number of thioether (sulfide) groups is 2. The number of aromatic nitrogens is 3. The SMILES string of the molecule is C=CCn1c(CSCc2ccc(Cl)c(Cl)c2)nnc1SCC(=O)NCc1ccccc1. The molecule has 0 saturated carbocycles. The summed E-state index contributed by atoms with van der Waals surface area (Å²) < 4.78 is 1.99. The van der Waals surface area contributed by atoms with Gasteiger partial charge >= 0.3 is 0 Å². The van der Waals surface area contributed by atoms with Crippen molar-refractivity contribution in [3.05, 3.63) is 88.2 Å². The van der Waals surface area contributed by atoms with Crippen LogP contribution in [0.2, 0.25) is 10.0 Å². The van der Waals surface area contributed by atoms with Crippen molar-refractivity contribution < 1.29 is 4.79 Å². The maximum absolute atomic E-state index is 12.2. The van der Waals surface area contributed by atoms with Gasteiger partial charge in [-0.05, 0) is 23.3 Å². The Morgan fingerprint density at radius 1 is 1.06 bits per heavy atom. The maximum atomic E-state index is 12.2. The van der Waals surface area contributed by atoms with E-state index in [1.165, 1.54) is 11.8 Å². The van der Waals surface area contributed by atoms with E-state index in [1.54, 1.807) is 23.9 Å². The number of hydrogen-bond acceptors (Lipinski definition) is 5. The van der Waals surface area contributed by atoms with Crippen LogP contribution >= 0.6 is 46.7 Å². The van der Waals surface area contributed by atoms with Crippen LogP contribution in [0.3, 0.4) is 0 Å². The second kappa shape index (κ2) is 12.2. The van der Waals surface area contributed by atoms with E-state index in [0.717, 1.165) is 22.7 Å². The summed E-state index contributed by atoms with van der Waals surface area (Å²) in [5.41, 5.74) is 2.16. The molecule has 31 heavy (non-hydrogen) atoms. The average molecular weight is 493 g/mol. The van der Waals surface area contributed by atoms with E-state index in [4.69, 9.17) is 23.2 Å². The quantitative estimate of drug-likeness (QED) is 0.278. The molecule has 0 radical (unpaired) electrons. The summed E-state index contributed by atoms with van der Waals surface area (Å²) in [5, 5.41) is 13.3. The monoisotopic (exact) mass is 492 g/mol. The Morgan fingerprint density at radius 3 is 2.61 bits per heavy atom. The second-order valence-electron chi connectivity index (χ2n) is 6.59. The van der Waals surface area contributed by atoms with Gasteiger partial charge in [-0.1, -0.05) is 77.4 Å². The van der Waals surface area contributed by atoms with Crippen molar-refractivity contribution in [2.24, 2.45) is 0 Å². The van der Waals surface area contributed by atoms with Gasteiger partial charge in [-0.3, -0.25) is 4.79 Å². The number of halogens is 2. The van der Waals surface area contributed by atoms with Crippen molar-refractivity contribution in [2.75, 3.05) is 5.75 Å². The van der Waals surface area contributed by atoms with Crippen LogP contribution in [0.1, 0.15) is 17.0 Å². The largest absolute Gasteiger partial charge is 0.351 e. The molecule has 0 aliphatic heterocycles. The molecule has 1 heterocycles. The molecule has 3 rings (SSSR count). The summed E-state index contributed by atoms with van der Waals surface area (Å²) in [6.07, 6.45) is 1.80. The summed E-state index contributed by atoms with van der Waals surface area (Å²) in [7, 11) is 0. The standard InChI is InChI=1S/C22H22Cl2N4OS2/c1-2-10-28-20(14-30-13-17-8-9-18(23)19(24)11-17)26-27-22(28)31-15-21(29)25-12-16-6-4-3-5-7-16/h2-9,11H,1,10,12-15H2,(H,25,29). The van der Waals surface area contributed by atoms with Crippen LogP contribution in [-0.2, 0) is 29.4 Å². The first-order valence-corrected chi connectivity index (χ1v) is 12.4. The Morgan fingerprint density at radius 2 is 1.87 bits per heavy atom. The zero-order valence-electron chi connectivity index (χ0n) is 16.8. The number of hydrogen-bond donors (Lipinski definition) is 1. The highest BCUT2D eigenvalue weighted by atomic mass is 35.5. The summed E-state index contributed by atoms with van der Waals surface area (Å²) in [5.74, 6) is 2.54. The lowest BCUT2D eigenvalue weighted by Gasteiger charge is -2.08. The molecule has 1 aromatic heterocycles. The molecule has 0 fully saturated rings. The number of carbonyl (C=O) groups is 1. The molecule has 162 valence electrons. The Bertz CT molecular complexity index is 1030. The molecule has 0 aliphatic carbocycles. The molecule has 0 saturated heterocycles. The lowest BCUT2D eigenvalue weighted by Crippen LogP contribution is -2.24. The predicted molar refractivity (Wildman–Crippen MR) is 131 cm³/mol. The topological polar surface area (TPSA) is 59.8 Å². The molecule has 0 bridgehead atoms. The van der Waals surface area contributed by atoms with Crippen molar-refractivity contribution >= 4 is 52.6 Å². The first kappa shape index (κ1) is 23.7. The average Bonchev–Trinajstić information content (AvgIpc) is 3.16. The third kappa shape index (κ3) is 7.31. The van der Waals surface area contributed by atoms with E-state index in [0.29, 0.717) is 34.0 Å². The van der Waals surface area contributed by atoms with E-state index in [2.05, 4.69) is 22.1 Å². The van der Waals surface area contributed by atoms with Crippen molar-refractivity contribution in [3.63, 3.8) is 0 Å². The minimum atomic E-state index is -0.0439. The molecule has 3 aromatic rings. The number of allylic oxidation sites excluding steroid dienone is 1. The molecule has 0 spiro atoms. The highest BCUT2D eigenvalue weighted by Crippen LogP contribution is 2.26. The fourth-order valence-corrected chi connectivity index (χ4v) is 4.74. The molecule has 2 aromatic carbocycles. The van der Waals surface area contributed by atoms with E-state index in [-0.39, 0.29) is 11.7 Å². The van der Waals surface area contributed by atoms with Crippen LogP contribution in [0.25, 0.3) is 0 Å². The summed E-state index contributed by atoms with van der Waals surface area (Å²) in [6, 6.07) is 15.5. The lowest BCUT2D eigenvalue weighted by atomic mass is 10.2. The van der Waals surface area contributed by atoms with Crippen molar-refractivity contribution in [1.29, 1.82) is 0 Å². The van der Waals surface area contributed by atoms with Crippen molar-refractivity contribution in [1.82, 2.24) is 20.1 Å². The van der Waals surface area contributed by atoms with Crippen LogP contribution in [0, 0.1) is 0 Å². The third-order valence-electron chi connectivity index (χ3n) is 4.25. The molecular formula is C22H22Cl2N4OS2. The first-order chi connectivity index (χ1) is 15.1. The minimum Gasteiger partial charge on any atom is -0.351 e. The number of amides is 1. The molecule has 1 amide bonds. The molecule has 5 nitrogen and oxygen atoms in total. The minimum absolute atomic E-state index is 0.0439. The molecule has 0 unspecified atom stereocenters. The van der Waals surface area contributed by atoms with Crippen LogP contribution in [0.4, 0.5) is 0 Å². The smallest absolute Gasteiger partial charge is 0.230 e. The van der Waals surface area contributed by atoms with Crippen LogP contribution in [0.15, 0.2) is 66.3 Å². The Kier molecular flexibility index (Phi) is 9.33. The first-order valence-electron chi connectivity index (χ1n) is 9.55. The fraction of sp³-hybridized carbons (Fsp3) is 0.227. The molecule has 0 aliphatic rings. The highest BCUT2D eigenvalue weighted by molar-refractivity contribution is 7.99. The van der Waals surface area contributed by atoms with Crippen molar-refractivity contribution in [2.45, 2.75) is 29.8 Å². The van der Waals surface area contributed by atoms with Gasteiger partial charge in [0.2, 0.25) is 5.91 Å². The van der Waals surface area contributed by atoms with Gasteiger partial charge in [0.1, 0.15) is 5.82 Å². The fourth-order valence-electron chi connectivity index (χ4n) is 2.71. The van der Waals surface area contributed by atoms with E-state index < -0.39 is 0 Å². The Hall–Kier alpha value is -1.93. The lowest BCUT2D eigenvalue weighted by molar-refractivity contribution is -0.118. The van der Waals surface area contributed by atoms with Crippen molar-refractivity contribution in [3.8, 4) is 0 Å². The van der Waals surface area contributed by atoms with E-state index in [1.807, 2.05) is 47.0 Å². The van der Waals surface area contributed by atoms with Gasteiger partial charge in [0.15, 0.2) is 5.16 Å². The van der Waals surface area contributed by atoms with Crippen LogP contribution < -0.4 is 5.32 Å². The van der Waals surface area contributed by atoms with Gasteiger partial charge in [0, 0.05) is 18.8 Å². The summed E-state index contributed by atoms with van der Waals surface area (Å²) in [4.78, 5) is 12.2. The number of nitrogens with one attached hydrogen (secondary N) is 1. The van der Waals surface area contributed by atoms with E-state index in [9.17, 15) is 4.79 Å². The number of carbonyl (C=O) groups excluding carboxylic acids is 1. The number of rotatable bonds is 11. The molecular weight excluding hydrogens is 471 g/mol. The number of nitrogens with zero attached hydrogens (tertiary/aromatic N) is 3. The summed E-state index contributed by atoms with van der Waals surface area (Å²) in [6.45, 7) is 4.92. The third-order valence-corrected chi connectivity index (χ3v) is 6.96. The van der Waals surface area contributed by atoms with Gasteiger partial charge in [-0.2, -0.15) is 0 Å². The highest BCUT2D eigenvalue weighted by Gasteiger charge is 2.14.